The highest BCUT2D eigenvalue weighted by molar-refractivity contribution is 7.18. The lowest BCUT2D eigenvalue weighted by Gasteiger charge is -2.40. The van der Waals surface area contributed by atoms with E-state index in [1.165, 1.54) is 4.88 Å². The summed E-state index contributed by atoms with van der Waals surface area (Å²) in [5.41, 5.74) is 1.11. The van der Waals surface area contributed by atoms with Crippen molar-refractivity contribution in [3.63, 3.8) is 0 Å². The molecule has 1 saturated carbocycles. The number of likely N-dealkylation sites (tertiary alicyclic amines) is 1. The van der Waals surface area contributed by atoms with E-state index in [-0.39, 0.29) is 30.1 Å². The number of aryl methyl sites for hydroxylation is 1. The standard InChI is InChI=1S/C22H26ClF2N3O2S/c23-19(29)13-1-6-17-16(11-13)18-20(26-12-27-21(18)31-17)30-15-4-2-14(3-5-15)28-9-7-22(24,25)8-10-28/h12-15H,1-11H2/t13-,14-,15-/m0/s1. The minimum atomic E-state index is -2.50. The Morgan fingerprint density at radius 1 is 1.16 bits per heavy atom. The van der Waals surface area contributed by atoms with Crippen molar-refractivity contribution in [3.05, 3.63) is 16.8 Å². The largest absolute Gasteiger partial charge is 0.474 e. The zero-order chi connectivity index (χ0) is 21.6. The van der Waals surface area contributed by atoms with Crippen molar-refractivity contribution in [2.24, 2.45) is 5.92 Å². The van der Waals surface area contributed by atoms with Gasteiger partial charge in [0.25, 0.3) is 5.92 Å². The van der Waals surface area contributed by atoms with Gasteiger partial charge in [-0.05, 0) is 62.1 Å². The van der Waals surface area contributed by atoms with Crippen molar-refractivity contribution in [1.29, 1.82) is 0 Å². The van der Waals surface area contributed by atoms with Crippen LogP contribution in [0, 0.1) is 5.92 Å². The molecule has 2 aromatic rings. The molecule has 3 heterocycles. The van der Waals surface area contributed by atoms with E-state index >= 15 is 0 Å². The summed E-state index contributed by atoms with van der Waals surface area (Å²) in [5, 5.41) is 0.656. The number of ether oxygens (including phenoxy) is 1. The zero-order valence-corrected chi connectivity index (χ0v) is 18.9. The number of thiophene rings is 1. The van der Waals surface area contributed by atoms with Gasteiger partial charge in [-0.2, -0.15) is 0 Å². The lowest BCUT2D eigenvalue weighted by Crippen LogP contribution is -2.47. The van der Waals surface area contributed by atoms with Gasteiger partial charge in [-0.25, -0.2) is 18.7 Å². The summed E-state index contributed by atoms with van der Waals surface area (Å²) in [6.45, 7) is 0.967. The summed E-state index contributed by atoms with van der Waals surface area (Å²) in [5.74, 6) is -2.05. The molecule has 5 nitrogen and oxygen atoms in total. The quantitative estimate of drug-likeness (QED) is 0.591. The van der Waals surface area contributed by atoms with Crippen molar-refractivity contribution in [2.75, 3.05) is 13.1 Å². The van der Waals surface area contributed by atoms with Crippen LogP contribution in [-0.2, 0) is 17.6 Å². The maximum Gasteiger partial charge on any atom is 0.250 e. The number of nitrogens with zero attached hydrogens (tertiary/aromatic N) is 3. The second kappa shape index (κ2) is 8.52. The normalized spacial score (nSPS) is 28.9. The van der Waals surface area contributed by atoms with Crippen molar-refractivity contribution in [3.8, 4) is 5.88 Å². The van der Waals surface area contributed by atoms with Crippen LogP contribution in [0.15, 0.2) is 6.33 Å². The molecule has 3 aliphatic rings. The Bertz CT molecular complexity index is 967. The first-order chi connectivity index (χ1) is 14.9. The van der Waals surface area contributed by atoms with Gasteiger partial charge in [-0.15, -0.1) is 11.3 Å². The summed E-state index contributed by atoms with van der Waals surface area (Å²) < 4.78 is 33.3. The third-order valence-corrected chi connectivity index (χ3v) is 8.60. The van der Waals surface area contributed by atoms with E-state index < -0.39 is 5.92 Å². The van der Waals surface area contributed by atoms with Crippen molar-refractivity contribution < 1.29 is 18.3 Å². The average molecular weight is 470 g/mol. The van der Waals surface area contributed by atoms with Crippen LogP contribution in [0.25, 0.3) is 10.2 Å². The Morgan fingerprint density at radius 2 is 1.90 bits per heavy atom. The Hall–Kier alpha value is -1.38. The minimum absolute atomic E-state index is 0.0303. The summed E-state index contributed by atoms with van der Waals surface area (Å²) in [6, 6.07) is 0.366. The Morgan fingerprint density at radius 3 is 2.61 bits per heavy atom. The summed E-state index contributed by atoms with van der Waals surface area (Å²) in [6.07, 6.45) is 7.45. The Labute approximate surface area is 189 Å². The molecule has 0 spiro atoms. The van der Waals surface area contributed by atoms with Crippen LogP contribution in [0.3, 0.4) is 0 Å². The van der Waals surface area contributed by atoms with Crippen LogP contribution in [0.5, 0.6) is 5.88 Å². The maximum absolute atomic E-state index is 13.5. The van der Waals surface area contributed by atoms with Gasteiger partial charge in [-0.1, -0.05) is 0 Å². The molecule has 2 fully saturated rings. The average Bonchev–Trinajstić information content (AvgIpc) is 3.13. The van der Waals surface area contributed by atoms with Gasteiger partial charge in [0.1, 0.15) is 17.3 Å². The summed E-state index contributed by atoms with van der Waals surface area (Å²) >= 11 is 7.44. The molecular formula is C22H26ClF2N3O2S. The lowest BCUT2D eigenvalue weighted by molar-refractivity contribution is -0.115. The monoisotopic (exact) mass is 469 g/mol. The van der Waals surface area contributed by atoms with Crippen LogP contribution in [-0.4, -0.2) is 51.3 Å². The van der Waals surface area contributed by atoms with E-state index in [2.05, 4.69) is 14.9 Å². The van der Waals surface area contributed by atoms with Crippen LogP contribution in [0.1, 0.15) is 55.4 Å². The molecule has 0 amide bonds. The fourth-order valence-corrected chi connectivity index (χ4v) is 6.63. The van der Waals surface area contributed by atoms with E-state index in [1.807, 2.05) is 0 Å². The number of fused-ring (bicyclic) bond motifs is 3. The molecule has 0 unspecified atom stereocenters. The molecule has 2 aromatic heterocycles. The Kier molecular flexibility index (Phi) is 5.90. The van der Waals surface area contributed by atoms with Gasteiger partial charge in [-0.3, -0.25) is 9.69 Å². The molecule has 5 rings (SSSR count). The number of aromatic nitrogens is 2. The summed E-state index contributed by atoms with van der Waals surface area (Å²) in [7, 11) is 0. The molecule has 168 valence electrons. The predicted molar refractivity (Wildman–Crippen MR) is 116 cm³/mol. The maximum atomic E-state index is 13.5. The highest BCUT2D eigenvalue weighted by atomic mass is 35.5. The van der Waals surface area contributed by atoms with Crippen LogP contribution < -0.4 is 4.74 Å². The van der Waals surface area contributed by atoms with E-state index in [1.54, 1.807) is 17.7 Å². The lowest BCUT2D eigenvalue weighted by atomic mass is 9.88. The third kappa shape index (κ3) is 4.44. The molecule has 0 bridgehead atoms. The molecular weight excluding hydrogens is 444 g/mol. The molecule has 0 N–H and O–H groups in total. The van der Waals surface area contributed by atoms with Crippen LogP contribution in [0.4, 0.5) is 8.78 Å². The molecule has 1 saturated heterocycles. The van der Waals surface area contributed by atoms with Gasteiger partial charge >= 0.3 is 0 Å². The number of carbonyl (C=O) groups excluding carboxylic acids is 1. The van der Waals surface area contributed by atoms with Crippen molar-refractivity contribution in [1.82, 2.24) is 14.9 Å². The molecule has 0 radical (unpaired) electrons. The first kappa shape index (κ1) is 21.5. The van der Waals surface area contributed by atoms with E-state index in [0.29, 0.717) is 31.4 Å². The van der Waals surface area contributed by atoms with Crippen LogP contribution in [0.2, 0.25) is 0 Å². The molecule has 1 atom stereocenters. The topological polar surface area (TPSA) is 55.3 Å². The van der Waals surface area contributed by atoms with Crippen molar-refractivity contribution in [2.45, 2.75) is 75.9 Å². The molecule has 0 aromatic carbocycles. The number of rotatable bonds is 4. The molecule has 31 heavy (non-hydrogen) atoms. The number of hydrogen-bond acceptors (Lipinski definition) is 6. The smallest absolute Gasteiger partial charge is 0.250 e. The van der Waals surface area contributed by atoms with Gasteiger partial charge in [0, 0.05) is 42.8 Å². The fraction of sp³-hybridized carbons (Fsp3) is 0.682. The predicted octanol–water partition coefficient (Wildman–Crippen LogP) is 4.98. The van der Waals surface area contributed by atoms with Gasteiger partial charge in [0.05, 0.1) is 5.39 Å². The number of hydrogen-bond donors (Lipinski definition) is 0. The van der Waals surface area contributed by atoms with Gasteiger partial charge in [0.2, 0.25) is 11.1 Å². The van der Waals surface area contributed by atoms with E-state index in [0.717, 1.165) is 54.3 Å². The number of carbonyl (C=O) groups is 1. The van der Waals surface area contributed by atoms with Gasteiger partial charge in [0.15, 0.2) is 0 Å². The second-order valence-electron chi connectivity index (χ2n) is 9.05. The SMILES string of the molecule is O=C(Cl)[C@H]1CCc2sc3ncnc(O[C@H]4CC[C@H](N5CCC(F)(F)CC5)CC4)c3c2C1. The minimum Gasteiger partial charge on any atom is -0.474 e. The molecule has 9 heteroatoms. The highest BCUT2D eigenvalue weighted by Crippen LogP contribution is 2.42. The Balaban J connectivity index is 1.27. The first-order valence-corrected chi connectivity index (χ1v) is 12.3. The summed E-state index contributed by atoms with van der Waals surface area (Å²) in [4.78, 5) is 25.0. The first-order valence-electron chi connectivity index (χ1n) is 11.1. The number of alkyl halides is 2. The van der Waals surface area contributed by atoms with Crippen LogP contribution >= 0.6 is 22.9 Å². The molecule has 2 aliphatic carbocycles. The van der Waals surface area contributed by atoms with E-state index in [4.69, 9.17) is 16.3 Å². The highest BCUT2D eigenvalue weighted by Gasteiger charge is 2.37. The number of halogens is 3. The van der Waals surface area contributed by atoms with Crippen molar-refractivity contribution >= 4 is 38.4 Å². The zero-order valence-electron chi connectivity index (χ0n) is 17.3. The molecule has 1 aliphatic heterocycles. The number of piperidine rings is 1. The third-order valence-electron chi connectivity index (χ3n) is 7.10. The fourth-order valence-electron chi connectivity index (χ4n) is 5.26. The van der Waals surface area contributed by atoms with Gasteiger partial charge < -0.3 is 4.74 Å². The second-order valence-corrected chi connectivity index (χ2v) is 10.5. The van der Waals surface area contributed by atoms with E-state index in [9.17, 15) is 13.6 Å².